The summed E-state index contributed by atoms with van der Waals surface area (Å²) in [6.45, 7) is 1.70. The van der Waals surface area contributed by atoms with Crippen LogP contribution in [-0.4, -0.2) is 43.8 Å². The van der Waals surface area contributed by atoms with Crippen LogP contribution in [0.25, 0.3) is 10.9 Å². The van der Waals surface area contributed by atoms with Crippen LogP contribution in [0.15, 0.2) is 24.3 Å². The van der Waals surface area contributed by atoms with Crippen molar-refractivity contribution in [2.75, 3.05) is 31.6 Å². The second-order valence-electron chi connectivity index (χ2n) is 6.76. The SMILES string of the molecule is COc1cccc2c(N3CCCC(C(=O)NCC(F)(F)F)C3)cc(C)nc12. The molecule has 1 atom stereocenters. The van der Waals surface area contributed by atoms with E-state index in [0.29, 0.717) is 18.7 Å². The van der Waals surface area contributed by atoms with Crippen LogP contribution in [-0.2, 0) is 4.79 Å². The Morgan fingerprint density at radius 3 is 2.89 bits per heavy atom. The maximum atomic E-state index is 12.4. The molecule has 1 unspecified atom stereocenters. The fourth-order valence-corrected chi connectivity index (χ4v) is 3.50. The number of para-hydroxylation sites is 1. The van der Waals surface area contributed by atoms with Gasteiger partial charge in [0.05, 0.1) is 13.0 Å². The van der Waals surface area contributed by atoms with Crippen LogP contribution >= 0.6 is 0 Å². The number of anilines is 1. The third-order valence-corrected chi connectivity index (χ3v) is 4.72. The van der Waals surface area contributed by atoms with E-state index in [1.54, 1.807) is 7.11 Å². The molecule has 0 spiro atoms. The number of aryl methyl sites for hydroxylation is 1. The van der Waals surface area contributed by atoms with E-state index in [0.717, 1.165) is 35.2 Å². The number of hydrogen-bond donors (Lipinski definition) is 1. The summed E-state index contributed by atoms with van der Waals surface area (Å²) in [6.07, 6.45) is -3.10. The number of nitrogens with zero attached hydrogens (tertiary/aromatic N) is 2. The number of ether oxygens (including phenoxy) is 1. The first-order valence-electron chi connectivity index (χ1n) is 8.82. The van der Waals surface area contributed by atoms with E-state index in [4.69, 9.17) is 4.74 Å². The summed E-state index contributed by atoms with van der Waals surface area (Å²) in [7, 11) is 1.58. The first-order valence-corrected chi connectivity index (χ1v) is 8.82. The number of rotatable bonds is 4. The number of pyridine rings is 1. The molecule has 1 fully saturated rings. The predicted molar refractivity (Wildman–Crippen MR) is 97.0 cm³/mol. The molecule has 1 aromatic heterocycles. The third kappa shape index (κ3) is 4.43. The molecule has 146 valence electrons. The van der Waals surface area contributed by atoms with E-state index in [2.05, 4.69) is 9.88 Å². The minimum atomic E-state index is -4.40. The number of nitrogens with one attached hydrogen (secondary N) is 1. The van der Waals surface area contributed by atoms with Crippen molar-refractivity contribution in [2.24, 2.45) is 5.92 Å². The van der Waals surface area contributed by atoms with Crippen LogP contribution in [0.1, 0.15) is 18.5 Å². The van der Waals surface area contributed by atoms with Crippen LogP contribution in [0, 0.1) is 12.8 Å². The molecule has 1 aromatic carbocycles. The number of methoxy groups -OCH3 is 1. The molecule has 2 aromatic rings. The minimum Gasteiger partial charge on any atom is -0.494 e. The molecule has 1 amide bonds. The largest absolute Gasteiger partial charge is 0.494 e. The van der Waals surface area contributed by atoms with Crippen LogP contribution in [0.2, 0.25) is 0 Å². The number of hydrogen-bond acceptors (Lipinski definition) is 4. The Hall–Kier alpha value is -2.51. The number of halogens is 3. The molecule has 0 radical (unpaired) electrons. The highest BCUT2D eigenvalue weighted by Gasteiger charge is 2.32. The Kier molecular flexibility index (Phi) is 5.43. The Labute approximate surface area is 155 Å². The second-order valence-corrected chi connectivity index (χ2v) is 6.76. The van der Waals surface area contributed by atoms with Crippen LogP contribution in [0.5, 0.6) is 5.75 Å². The van der Waals surface area contributed by atoms with E-state index in [-0.39, 0.29) is 0 Å². The third-order valence-electron chi connectivity index (χ3n) is 4.72. The molecule has 8 heteroatoms. The highest BCUT2D eigenvalue weighted by atomic mass is 19.4. The molecule has 2 heterocycles. The van der Waals surface area contributed by atoms with Gasteiger partial charge in [0.15, 0.2) is 0 Å². The average molecular weight is 381 g/mol. The first kappa shape index (κ1) is 19.3. The summed E-state index contributed by atoms with van der Waals surface area (Å²) in [5, 5.41) is 2.91. The number of piperidine rings is 1. The number of fused-ring (bicyclic) bond motifs is 1. The fourth-order valence-electron chi connectivity index (χ4n) is 3.50. The van der Waals surface area contributed by atoms with Crippen LogP contribution in [0.3, 0.4) is 0 Å². The number of carbonyl (C=O) groups excluding carboxylic acids is 1. The maximum absolute atomic E-state index is 12.4. The molecular weight excluding hydrogens is 359 g/mol. The first-order chi connectivity index (χ1) is 12.8. The zero-order chi connectivity index (χ0) is 19.6. The van der Waals surface area contributed by atoms with Gasteiger partial charge in [0.2, 0.25) is 5.91 Å². The molecule has 1 saturated heterocycles. The fraction of sp³-hybridized carbons (Fsp3) is 0.474. The quantitative estimate of drug-likeness (QED) is 0.882. The van der Waals surface area contributed by atoms with Gasteiger partial charge in [-0.2, -0.15) is 13.2 Å². The van der Waals surface area contributed by atoms with Gasteiger partial charge in [-0.05, 0) is 31.9 Å². The molecule has 27 heavy (non-hydrogen) atoms. The topological polar surface area (TPSA) is 54.5 Å². The van der Waals surface area contributed by atoms with E-state index in [9.17, 15) is 18.0 Å². The molecule has 0 bridgehead atoms. The average Bonchev–Trinajstić information content (AvgIpc) is 2.64. The smallest absolute Gasteiger partial charge is 0.405 e. The molecule has 1 N–H and O–H groups in total. The zero-order valence-electron chi connectivity index (χ0n) is 15.3. The van der Waals surface area contributed by atoms with Crippen molar-refractivity contribution >= 4 is 22.5 Å². The van der Waals surface area contributed by atoms with Gasteiger partial charge in [0, 0.05) is 29.9 Å². The van der Waals surface area contributed by atoms with Crippen molar-refractivity contribution in [3.63, 3.8) is 0 Å². The number of carbonyl (C=O) groups is 1. The maximum Gasteiger partial charge on any atom is 0.405 e. The Balaban J connectivity index is 1.85. The molecule has 0 saturated carbocycles. The molecule has 1 aliphatic heterocycles. The zero-order valence-corrected chi connectivity index (χ0v) is 15.3. The lowest BCUT2D eigenvalue weighted by Gasteiger charge is -2.34. The Morgan fingerprint density at radius 2 is 2.19 bits per heavy atom. The molecular formula is C19H22F3N3O2. The monoisotopic (exact) mass is 381 g/mol. The second kappa shape index (κ2) is 7.62. The number of aromatic nitrogens is 1. The van der Waals surface area contributed by atoms with Crippen molar-refractivity contribution < 1.29 is 22.7 Å². The lowest BCUT2D eigenvalue weighted by Crippen LogP contribution is -2.45. The standard InChI is InChI=1S/C19H22F3N3O2/c1-12-9-15(14-6-3-7-16(27-2)17(14)24-12)25-8-4-5-13(10-25)18(26)23-11-19(20,21)22/h3,6-7,9,13H,4-5,8,10-11H2,1-2H3,(H,23,26). The Bertz CT molecular complexity index is 839. The van der Waals surface area contributed by atoms with E-state index >= 15 is 0 Å². The van der Waals surface area contributed by atoms with E-state index in [1.165, 1.54) is 0 Å². The van der Waals surface area contributed by atoms with Gasteiger partial charge in [0.1, 0.15) is 17.8 Å². The minimum absolute atomic E-state index is 0.374. The van der Waals surface area contributed by atoms with Gasteiger partial charge >= 0.3 is 6.18 Å². The van der Waals surface area contributed by atoms with Gasteiger partial charge in [0.25, 0.3) is 0 Å². The summed E-state index contributed by atoms with van der Waals surface area (Å²) in [4.78, 5) is 18.8. The van der Waals surface area contributed by atoms with E-state index in [1.807, 2.05) is 36.5 Å². The number of benzene rings is 1. The van der Waals surface area contributed by atoms with Crippen molar-refractivity contribution in [3.05, 3.63) is 30.0 Å². The lowest BCUT2D eigenvalue weighted by atomic mass is 9.96. The molecule has 0 aliphatic carbocycles. The molecule has 1 aliphatic rings. The number of alkyl halides is 3. The van der Waals surface area contributed by atoms with Crippen molar-refractivity contribution in [1.82, 2.24) is 10.3 Å². The highest BCUT2D eigenvalue weighted by Crippen LogP contribution is 2.34. The summed E-state index contributed by atoms with van der Waals surface area (Å²) in [6, 6.07) is 7.59. The van der Waals surface area contributed by atoms with Crippen molar-refractivity contribution in [3.8, 4) is 5.75 Å². The van der Waals surface area contributed by atoms with Gasteiger partial charge in [-0.1, -0.05) is 12.1 Å². The highest BCUT2D eigenvalue weighted by molar-refractivity contribution is 5.95. The van der Waals surface area contributed by atoms with Crippen molar-refractivity contribution in [2.45, 2.75) is 25.9 Å². The summed E-state index contributed by atoms with van der Waals surface area (Å²) < 4.78 is 42.5. The van der Waals surface area contributed by atoms with Gasteiger partial charge < -0.3 is 15.0 Å². The number of amides is 1. The van der Waals surface area contributed by atoms with Gasteiger partial charge in [-0.3, -0.25) is 4.79 Å². The lowest BCUT2D eigenvalue weighted by molar-refractivity contribution is -0.140. The summed E-state index contributed by atoms with van der Waals surface area (Å²) in [5.74, 6) is -0.367. The summed E-state index contributed by atoms with van der Waals surface area (Å²) >= 11 is 0. The van der Waals surface area contributed by atoms with Crippen LogP contribution in [0.4, 0.5) is 18.9 Å². The predicted octanol–water partition coefficient (Wildman–Crippen LogP) is 3.45. The molecule has 5 nitrogen and oxygen atoms in total. The van der Waals surface area contributed by atoms with E-state index < -0.39 is 24.5 Å². The summed E-state index contributed by atoms with van der Waals surface area (Å²) in [5.41, 5.74) is 2.47. The van der Waals surface area contributed by atoms with Gasteiger partial charge in [-0.25, -0.2) is 4.98 Å². The normalized spacial score (nSPS) is 17.8. The molecule has 3 rings (SSSR count). The van der Waals surface area contributed by atoms with Crippen molar-refractivity contribution in [1.29, 1.82) is 0 Å². The van der Waals surface area contributed by atoms with Gasteiger partial charge in [-0.15, -0.1) is 0 Å². The van der Waals surface area contributed by atoms with Crippen LogP contribution < -0.4 is 15.0 Å². The Morgan fingerprint density at radius 1 is 1.41 bits per heavy atom.